The van der Waals surface area contributed by atoms with Crippen LogP contribution in [-0.4, -0.2) is 5.78 Å². The van der Waals surface area contributed by atoms with Crippen molar-refractivity contribution in [1.29, 1.82) is 0 Å². The molecule has 2 aliphatic carbocycles. The van der Waals surface area contributed by atoms with E-state index < -0.39 is 0 Å². The van der Waals surface area contributed by atoms with E-state index in [2.05, 4.69) is 25.7 Å². The maximum absolute atomic E-state index is 11.8. The minimum absolute atomic E-state index is 0.162. The summed E-state index contributed by atoms with van der Waals surface area (Å²) >= 11 is 0. The number of hydrogen-bond acceptors (Lipinski definition) is 1. The van der Waals surface area contributed by atoms with E-state index in [1.807, 2.05) is 0 Å². The van der Waals surface area contributed by atoms with E-state index in [0.717, 1.165) is 19.3 Å². The zero-order chi connectivity index (χ0) is 9.42. The second-order valence-electron chi connectivity index (χ2n) is 4.16. The Morgan fingerprint density at radius 3 is 2.92 bits per heavy atom. The molecule has 0 amide bonds. The molecule has 0 spiro atoms. The highest BCUT2D eigenvalue weighted by atomic mass is 16.1. The van der Waals surface area contributed by atoms with Crippen LogP contribution >= 0.6 is 0 Å². The second kappa shape index (κ2) is 3.13. The van der Waals surface area contributed by atoms with Crippen LogP contribution in [0.1, 0.15) is 26.2 Å². The van der Waals surface area contributed by atoms with Gasteiger partial charge in [0.15, 0.2) is 0 Å². The van der Waals surface area contributed by atoms with Gasteiger partial charge < -0.3 is 0 Å². The lowest BCUT2D eigenvalue weighted by atomic mass is 9.85. The van der Waals surface area contributed by atoms with Crippen LogP contribution in [0.3, 0.4) is 0 Å². The van der Waals surface area contributed by atoms with Crippen LogP contribution in [0, 0.1) is 17.8 Å². The van der Waals surface area contributed by atoms with Gasteiger partial charge >= 0.3 is 0 Å². The molecule has 0 aromatic heterocycles. The van der Waals surface area contributed by atoms with Crippen molar-refractivity contribution in [3.8, 4) is 0 Å². The molecule has 2 rings (SSSR count). The van der Waals surface area contributed by atoms with Crippen LogP contribution in [0.4, 0.5) is 0 Å². The third-order valence-electron chi connectivity index (χ3n) is 3.26. The van der Waals surface area contributed by atoms with Gasteiger partial charge in [-0.1, -0.05) is 31.2 Å². The molecule has 3 atom stereocenters. The monoisotopic (exact) mass is 176 g/mol. The largest absolute Gasteiger partial charge is 0.299 e. The topological polar surface area (TPSA) is 17.1 Å². The fourth-order valence-electron chi connectivity index (χ4n) is 2.60. The predicted molar refractivity (Wildman–Crippen MR) is 53.3 cm³/mol. The molecular weight excluding hydrogens is 160 g/mol. The Morgan fingerprint density at radius 2 is 2.38 bits per heavy atom. The summed E-state index contributed by atoms with van der Waals surface area (Å²) in [6.45, 7) is 6.11. The van der Waals surface area contributed by atoms with E-state index in [-0.39, 0.29) is 5.92 Å². The predicted octanol–water partition coefficient (Wildman–Crippen LogP) is 2.73. The molecule has 0 saturated heterocycles. The first-order valence-electron chi connectivity index (χ1n) is 5.13. The molecule has 2 aliphatic rings. The van der Waals surface area contributed by atoms with Crippen LogP contribution in [0.5, 0.6) is 0 Å². The van der Waals surface area contributed by atoms with Gasteiger partial charge in [0, 0.05) is 12.3 Å². The first kappa shape index (κ1) is 8.74. The molecule has 1 heteroatoms. The Hall–Kier alpha value is -0.850. The van der Waals surface area contributed by atoms with Crippen molar-refractivity contribution in [3.63, 3.8) is 0 Å². The van der Waals surface area contributed by atoms with Crippen molar-refractivity contribution in [1.82, 2.24) is 0 Å². The van der Waals surface area contributed by atoms with E-state index in [9.17, 15) is 4.79 Å². The number of allylic oxidation sites excluding steroid dienone is 3. The molecule has 1 nitrogen and oxygen atoms in total. The molecule has 1 saturated carbocycles. The molecule has 0 aromatic rings. The molecule has 0 radical (unpaired) electrons. The SMILES string of the molecule is C=C1C2C=CC(C2)C1C(=O)CCC. The van der Waals surface area contributed by atoms with Gasteiger partial charge in [0.2, 0.25) is 0 Å². The highest BCUT2D eigenvalue weighted by molar-refractivity contribution is 5.85. The Morgan fingerprint density at radius 1 is 1.62 bits per heavy atom. The summed E-state index contributed by atoms with van der Waals surface area (Å²) in [4.78, 5) is 11.8. The molecule has 3 unspecified atom stereocenters. The fraction of sp³-hybridized carbons (Fsp3) is 0.583. The number of carbonyl (C=O) groups excluding carboxylic acids is 1. The highest BCUT2D eigenvalue weighted by Gasteiger charge is 2.41. The maximum Gasteiger partial charge on any atom is 0.140 e. The minimum atomic E-state index is 0.162. The standard InChI is InChI=1S/C12H16O/c1-3-4-11(13)12-8(2)9-5-6-10(12)7-9/h5-6,9-10,12H,2-4,7H2,1H3. The van der Waals surface area contributed by atoms with Crippen LogP contribution < -0.4 is 0 Å². The van der Waals surface area contributed by atoms with Gasteiger partial charge in [0.1, 0.15) is 5.78 Å². The molecule has 0 aliphatic heterocycles. The Bertz CT molecular complexity index is 275. The van der Waals surface area contributed by atoms with Gasteiger partial charge in [0.05, 0.1) is 0 Å². The summed E-state index contributed by atoms with van der Waals surface area (Å²) in [6.07, 6.45) is 7.24. The molecule has 13 heavy (non-hydrogen) atoms. The molecule has 0 aromatic carbocycles. The lowest BCUT2D eigenvalue weighted by Gasteiger charge is -2.18. The minimum Gasteiger partial charge on any atom is -0.299 e. The summed E-state index contributed by atoms with van der Waals surface area (Å²) in [5.74, 6) is 1.56. The van der Waals surface area contributed by atoms with Gasteiger partial charge in [-0.25, -0.2) is 0 Å². The van der Waals surface area contributed by atoms with Gasteiger partial charge in [-0.05, 0) is 24.7 Å². The molecule has 2 bridgehead atoms. The van der Waals surface area contributed by atoms with Crippen molar-refractivity contribution >= 4 is 5.78 Å². The first-order chi connectivity index (χ1) is 6.24. The number of fused-ring (bicyclic) bond motifs is 2. The van der Waals surface area contributed by atoms with Crippen molar-refractivity contribution in [2.45, 2.75) is 26.2 Å². The van der Waals surface area contributed by atoms with E-state index in [0.29, 0.717) is 17.6 Å². The Labute approximate surface area is 79.5 Å². The van der Waals surface area contributed by atoms with Crippen LogP contribution in [-0.2, 0) is 4.79 Å². The number of rotatable bonds is 3. The lowest BCUT2D eigenvalue weighted by Crippen LogP contribution is -2.20. The zero-order valence-corrected chi connectivity index (χ0v) is 8.12. The highest BCUT2D eigenvalue weighted by Crippen LogP contribution is 2.47. The first-order valence-corrected chi connectivity index (χ1v) is 5.13. The van der Waals surface area contributed by atoms with Crippen molar-refractivity contribution in [3.05, 3.63) is 24.3 Å². The number of hydrogen-bond donors (Lipinski definition) is 0. The zero-order valence-electron chi connectivity index (χ0n) is 8.12. The van der Waals surface area contributed by atoms with Crippen LogP contribution in [0.25, 0.3) is 0 Å². The van der Waals surface area contributed by atoms with Gasteiger partial charge in [-0.15, -0.1) is 0 Å². The van der Waals surface area contributed by atoms with E-state index >= 15 is 0 Å². The normalized spacial score (nSPS) is 35.8. The smallest absolute Gasteiger partial charge is 0.140 e. The summed E-state index contributed by atoms with van der Waals surface area (Å²) in [5.41, 5.74) is 1.17. The van der Waals surface area contributed by atoms with Gasteiger partial charge in [-0.3, -0.25) is 4.79 Å². The average molecular weight is 176 g/mol. The third-order valence-corrected chi connectivity index (χ3v) is 3.26. The summed E-state index contributed by atoms with van der Waals surface area (Å²) in [5, 5.41) is 0. The molecule has 1 fully saturated rings. The fourth-order valence-corrected chi connectivity index (χ4v) is 2.60. The van der Waals surface area contributed by atoms with Crippen LogP contribution in [0.2, 0.25) is 0 Å². The second-order valence-corrected chi connectivity index (χ2v) is 4.16. The Balaban J connectivity index is 2.13. The van der Waals surface area contributed by atoms with Crippen molar-refractivity contribution in [2.24, 2.45) is 17.8 Å². The quantitative estimate of drug-likeness (QED) is 0.604. The van der Waals surface area contributed by atoms with Gasteiger partial charge in [0.25, 0.3) is 0 Å². The van der Waals surface area contributed by atoms with E-state index in [4.69, 9.17) is 0 Å². The average Bonchev–Trinajstić information content (AvgIpc) is 2.63. The molecule has 0 heterocycles. The lowest BCUT2D eigenvalue weighted by molar-refractivity contribution is -0.122. The van der Waals surface area contributed by atoms with Crippen molar-refractivity contribution in [2.75, 3.05) is 0 Å². The van der Waals surface area contributed by atoms with Crippen molar-refractivity contribution < 1.29 is 4.79 Å². The summed E-state index contributed by atoms with van der Waals surface area (Å²) < 4.78 is 0. The van der Waals surface area contributed by atoms with E-state index in [1.165, 1.54) is 5.57 Å². The molecular formula is C12H16O. The molecule has 0 N–H and O–H groups in total. The van der Waals surface area contributed by atoms with Crippen LogP contribution in [0.15, 0.2) is 24.3 Å². The Kier molecular flexibility index (Phi) is 2.10. The number of carbonyl (C=O) groups is 1. The molecule has 70 valence electrons. The number of Topliss-reactive ketones (excluding diaryl/α,β-unsaturated/α-hetero) is 1. The van der Waals surface area contributed by atoms with Gasteiger partial charge in [-0.2, -0.15) is 0 Å². The van der Waals surface area contributed by atoms with E-state index in [1.54, 1.807) is 0 Å². The summed E-state index contributed by atoms with van der Waals surface area (Å²) in [7, 11) is 0. The summed E-state index contributed by atoms with van der Waals surface area (Å²) in [6, 6.07) is 0. The third kappa shape index (κ3) is 1.27. The maximum atomic E-state index is 11.8. The number of ketones is 1.